The molecular weight excluding hydrogens is 206 g/mol. The fourth-order valence-corrected chi connectivity index (χ4v) is 2.75. The van der Waals surface area contributed by atoms with Crippen LogP contribution >= 0.6 is 0 Å². The fourth-order valence-electron chi connectivity index (χ4n) is 2.75. The van der Waals surface area contributed by atoms with Gasteiger partial charge in [-0.2, -0.15) is 0 Å². The van der Waals surface area contributed by atoms with Crippen LogP contribution in [0.3, 0.4) is 0 Å². The van der Waals surface area contributed by atoms with Crippen LogP contribution in [0, 0.1) is 0 Å². The third-order valence-electron chi connectivity index (χ3n) is 3.70. The molecule has 1 heterocycles. The number of hydrogen-bond donors (Lipinski definition) is 1. The van der Waals surface area contributed by atoms with Gasteiger partial charge in [0.1, 0.15) is 0 Å². The van der Waals surface area contributed by atoms with E-state index in [1.54, 1.807) is 0 Å². The summed E-state index contributed by atoms with van der Waals surface area (Å²) in [5, 5.41) is 9.19. The van der Waals surface area contributed by atoms with E-state index >= 15 is 0 Å². The molecule has 0 radical (unpaired) electrons. The van der Waals surface area contributed by atoms with E-state index in [0.29, 0.717) is 19.5 Å². The zero-order valence-electron chi connectivity index (χ0n) is 10.2. The van der Waals surface area contributed by atoms with Gasteiger partial charge < -0.3 is 5.11 Å². The van der Waals surface area contributed by atoms with Crippen molar-refractivity contribution in [2.75, 3.05) is 13.1 Å². The lowest BCUT2D eigenvalue weighted by Crippen LogP contribution is -2.58. The first kappa shape index (κ1) is 13.2. The Labute approximate surface area is 96.8 Å². The first-order valence-corrected chi connectivity index (χ1v) is 6.15. The van der Waals surface area contributed by atoms with Crippen molar-refractivity contribution in [1.82, 2.24) is 0 Å². The van der Waals surface area contributed by atoms with Gasteiger partial charge in [-0.05, 0) is 12.8 Å². The molecule has 92 valence electrons. The van der Waals surface area contributed by atoms with Crippen molar-refractivity contribution in [2.45, 2.75) is 52.0 Å². The Bertz CT molecular complexity index is 277. The number of amides is 1. The molecule has 1 aliphatic heterocycles. The molecular formula is C12H22NO3+. The molecule has 1 amide bonds. The fraction of sp³-hybridized carbons (Fsp3) is 0.833. The first-order chi connectivity index (χ1) is 7.54. The lowest BCUT2D eigenvalue weighted by Gasteiger charge is -2.34. The highest BCUT2D eigenvalue weighted by Crippen LogP contribution is 2.28. The summed E-state index contributed by atoms with van der Waals surface area (Å²) in [6.45, 7) is 5.04. The predicted molar refractivity (Wildman–Crippen MR) is 60.9 cm³/mol. The summed E-state index contributed by atoms with van der Waals surface area (Å²) in [5.74, 6) is -0.801. The molecule has 4 heteroatoms. The molecule has 0 aliphatic carbocycles. The van der Waals surface area contributed by atoms with Gasteiger partial charge in [0.05, 0.1) is 20.0 Å². The molecule has 0 aromatic heterocycles. The molecule has 0 saturated carbocycles. The van der Waals surface area contributed by atoms with Gasteiger partial charge in [-0.25, -0.2) is 14.1 Å². The van der Waals surface area contributed by atoms with Crippen molar-refractivity contribution < 1.29 is 19.2 Å². The van der Waals surface area contributed by atoms with E-state index < -0.39 is 12.0 Å². The van der Waals surface area contributed by atoms with E-state index in [0.717, 1.165) is 25.7 Å². The number of carbonyl (C=O) groups excluding carboxylic acids is 1. The number of unbranched alkanes of at least 4 members (excludes halogenated alkanes) is 2. The van der Waals surface area contributed by atoms with Crippen LogP contribution < -0.4 is 0 Å². The Kier molecular flexibility index (Phi) is 4.47. The summed E-state index contributed by atoms with van der Waals surface area (Å²) in [7, 11) is 0. The number of aliphatic carboxylic acids is 1. The predicted octanol–water partition coefficient (Wildman–Crippen LogP) is 1.79. The summed E-state index contributed by atoms with van der Waals surface area (Å²) in [5.41, 5.74) is 0. The molecule has 2 atom stereocenters. The number of quaternary nitrogens is 1. The number of carboxylic acids is 1. The number of carboxylic acid groups (broad SMARTS) is 1. The average molecular weight is 228 g/mol. The molecule has 0 aromatic carbocycles. The van der Waals surface area contributed by atoms with Gasteiger partial charge in [-0.3, -0.25) is 0 Å². The summed E-state index contributed by atoms with van der Waals surface area (Å²) in [6.07, 6.45) is 4.60. The van der Waals surface area contributed by atoms with Gasteiger partial charge in [-0.15, -0.1) is 0 Å². The highest BCUT2D eigenvalue weighted by molar-refractivity contribution is 5.77. The zero-order chi connectivity index (χ0) is 12.2. The monoisotopic (exact) mass is 228 g/mol. The summed E-state index contributed by atoms with van der Waals surface area (Å²) >= 11 is 0. The molecule has 1 rings (SSSR count). The minimum Gasteiger partial charge on any atom is -0.477 e. The minimum atomic E-state index is -0.816. The van der Waals surface area contributed by atoms with Crippen LogP contribution in [-0.2, 0) is 9.59 Å². The number of rotatable bonds is 5. The zero-order valence-corrected chi connectivity index (χ0v) is 10.2. The topological polar surface area (TPSA) is 54.4 Å². The standard InChI is InChI=1S/C12H21NO3/c1-3-4-5-8-13(10(2)14)9-6-7-11(13)12(15)16/h11H,3-9H2,1-2H3/p+1/t11-,13?/m0/s1. The third-order valence-corrected chi connectivity index (χ3v) is 3.70. The Morgan fingerprint density at radius 3 is 2.56 bits per heavy atom. The van der Waals surface area contributed by atoms with Gasteiger partial charge in [0, 0.05) is 12.8 Å². The quantitative estimate of drug-likeness (QED) is 0.576. The van der Waals surface area contributed by atoms with Crippen LogP contribution in [0.4, 0.5) is 0 Å². The molecule has 1 N–H and O–H groups in total. The smallest absolute Gasteiger partial charge is 0.363 e. The van der Waals surface area contributed by atoms with Crippen molar-refractivity contribution in [3.05, 3.63) is 0 Å². The molecule has 0 bridgehead atoms. The van der Waals surface area contributed by atoms with Crippen LogP contribution in [0.15, 0.2) is 0 Å². The second-order valence-electron chi connectivity index (χ2n) is 4.70. The largest absolute Gasteiger partial charge is 0.477 e. The van der Waals surface area contributed by atoms with Gasteiger partial charge in [0.2, 0.25) is 0 Å². The normalized spacial score (nSPS) is 29.2. The lowest BCUT2D eigenvalue weighted by molar-refractivity contribution is -0.858. The van der Waals surface area contributed by atoms with Crippen LogP contribution in [0.1, 0.15) is 46.0 Å². The van der Waals surface area contributed by atoms with Crippen molar-refractivity contribution in [2.24, 2.45) is 0 Å². The SMILES string of the molecule is CCCCC[N+]1(C(C)=O)CCC[C@H]1C(=O)O. The molecule has 1 unspecified atom stereocenters. The number of hydrogen-bond acceptors (Lipinski definition) is 2. The maximum atomic E-state index is 11.8. The number of likely N-dealkylation sites (tertiary alicyclic amines) is 1. The van der Waals surface area contributed by atoms with Crippen molar-refractivity contribution >= 4 is 11.9 Å². The first-order valence-electron chi connectivity index (χ1n) is 6.15. The molecule has 0 aromatic rings. The Hall–Kier alpha value is -0.900. The van der Waals surface area contributed by atoms with E-state index in [9.17, 15) is 14.7 Å². The lowest BCUT2D eigenvalue weighted by atomic mass is 10.1. The van der Waals surface area contributed by atoms with Gasteiger partial charge in [0.15, 0.2) is 6.04 Å². The van der Waals surface area contributed by atoms with Crippen LogP contribution in [0.2, 0.25) is 0 Å². The molecule has 1 aliphatic rings. The second kappa shape index (κ2) is 5.43. The van der Waals surface area contributed by atoms with E-state index in [4.69, 9.17) is 0 Å². The van der Waals surface area contributed by atoms with E-state index in [1.165, 1.54) is 6.92 Å². The molecule has 0 spiro atoms. The number of nitrogens with zero attached hydrogens (tertiary/aromatic N) is 1. The maximum Gasteiger partial charge on any atom is 0.363 e. The van der Waals surface area contributed by atoms with Crippen molar-refractivity contribution in [3.8, 4) is 0 Å². The average Bonchev–Trinajstić information content (AvgIpc) is 2.63. The Morgan fingerprint density at radius 2 is 2.06 bits per heavy atom. The van der Waals surface area contributed by atoms with Crippen molar-refractivity contribution in [1.29, 1.82) is 0 Å². The molecule has 16 heavy (non-hydrogen) atoms. The molecule has 4 nitrogen and oxygen atoms in total. The Morgan fingerprint density at radius 1 is 1.38 bits per heavy atom. The minimum absolute atomic E-state index is 0.0148. The summed E-state index contributed by atoms with van der Waals surface area (Å²) < 4.78 is 0.176. The molecule has 1 fully saturated rings. The summed E-state index contributed by atoms with van der Waals surface area (Å²) in [6, 6.07) is -0.505. The van der Waals surface area contributed by atoms with Gasteiger partial charge >= 0.3 is 11.9 Å². The highest BCUT2D eigenvalue weighted by atomic mass is 16.4. The van der Waals surface area contributed by atoms with E-state index in [2.05, 4.69) is 6.92 Å². The highest BCUT2D eigenvalue weighted by Gasteiger charge is 2.49. The van der Waals surface area contributed by atoms with E-state index in [1.807, 2.05) is 0 Å². The Balaban J connectivity index is 2.78. The summed E-state index contributed by atoms with van der Waals surface area (Å²) in [4.78, 5) is 23.0. The van der Waals surface area contributed by atoms with Gasteiger partial charge in [0.25, 0.3) is 0 Å². The maximum absolute atomic E-state index is 11.8. The second-order valence-corrected chi connectivity index (χ2v) is 4.70. The van der Waals surface area contributed by atoms with Crippen molar-refractivity contribution in [3.63, 3.8) is 0 Å². The third kappa shape index (κ3) is 2.43. The number of carbonyl (C=O) groups is 2. The van der Waals surface area contributed by atoms with Gasteiger partial charge in [-0.1, -0.05) is 13.3 Å². The van der Waals surface area contributed by atoms with E-state index in [-0.39, 0.29) is 10.4 Å². The molecule has 1 saturated heterocycles. The van der Waals surface area contributed by atoms with Crippen LogP contribution in [-0.4, -0.2) is 40.6 Å². The van der Waals surface area contributed by atoms with Crippen LogP contribution in [0.25, 0.3) is 0 Å². The van der Waals surface area contributed by atoms with Crippen LogP contribution in [0.5, 0.6) is 0 Å².